The van der Waals surface area contributed by atoms with Crippen molar-refractivity contribution in [3.63, 3.8) is 0 Å². The minimum absolute atomic E-state index is 0.952. The van der Waals surface area contributed by atoms with Gasteiger partial charge in [-0.3, -0.25) is 0 Å². The van der Waals surface area contributed by atoms with Gasteiger partial charge in [-0.2, -0.15) is 4.57 Å². The minimum Gasteiger partial charge on any atom is -0.455 e. The molecule has 0 aliphatic rings. The van der Waals surface area contributed by atoms with Crippen molar-refractivity contribution >= 4 is 46.1 Å². The van der Waals surface area contributed by atoms with E-state index >= 15 is 0 Å². The van der Waals surface area contributed by atoms with Gasteiger partial charge < -0.3 is 4.42 Å². The van der Waals surface area contributed by atoms with Gasteiger partial charge in [-0.25, -0.2) is 0 Å². The lowest BCUT2D eigenvalue weighted by molar-refractivity contribution is -0.633. The van der Waals surface area contributed by atoms with E-state index < -0.39 is 8.07 Å². The van der Waals surface area contributed by atoms with Crippen LogP contribution in [-0.4, -0.2) is 8.07 Å². The summed E-state index contributed by atoms with van der Waals surface area (Å²) in [6, 6.07) is 20.0. The van der Waals surface area contributed by atoms with E-state index in [0.29, 0.717) is 0 Å². The lowest BCUT2D eigenvalue weighted by atomic mass is 9.95. The van der Waals surface area contributed by atoms with Crippen molar-refractivity contribution < 1.29 is 8.98 Å². The molecule has 2 nitrogen and oxygen atoms in total. The Morgan fingerprint density at radius 2 is 1.55 bits per heavy atom. The summed E-state index contributed by atoms with van der Waals surface area (Å²) in [7, 11) is 0.610. The van der Waals surface area contributed by atoms with Gasteiger partial charge in [-0.05, 0) is 55.3 Å². The molecule has 0 bridgehead atoms. The molecule has 5 rings (SSSR count). The van der Waals surface area contributed by atoms with Gasteiger partial charge in [-0.1, -0.05) is 49.5 Å². The van der Waals surface area contributed by atoms with Crippen molar-refractivity contribution in [3.05, 3.63) is 71.3 Å². The van der Waals surface area contributed by atoms with Crippen LogP contribution >= 0.6 is 0 Å². The van der Waals surface area contributed by atoms with E-state index in [0.717, 1.165) is 11.2 Å². The lowest BCUT2D eigenvalue weighted by Crippen LogP contribution is -2.43. The molecule has 5 aromatic rings. The molecule has 0 aliphatic heterocycles. The molecule has 0 fully saturated rings. The second kappa shape index (κ2) is 6.79. The average molecular weight is 425 g/mol. The Morgan fingerprint density at radius 1 is 0.806 bits per heavy atom. The molecule has 0 N–H and O–H groups in total. The van der Waals surface area contributed by atoms with E-state index in [-0.39, 0.29) is 0 Å². The smallest absolute Gasteiger partial charge is 0.216 e. The van der Waals surface area contributed by atoms with Gasteiger partial charge in [-0.15, -0.1) is 0 Å². The van der Waals surface area contributed by atoms with E-state index in [2.05, 4.69) is 101 Å². The van der Waals surface area contributed by atoms with Crippen LogP contribution in [0.25, 0.3) is 44.1 Å². The number of hydrogen-bond acceptors (Lipinski definition) is 1. The van der Waals surface area contributed by atoms with Crippen molar-refractivity contribution in [2.24, 2.45) is 7.05 Å². The Balaban J connectivity index is 1.98. The maximum absolute atomic E-state index is 6.48. The van der Waals surface area contributed by atoms with Crippen LogP contribution in [0, 0.1) is 20.8 Å². The summed E-state index contributed by atoms with van der Waals surface area (Å²) in [5.41, 5.74) is 9.58. The van der Waals surface area contributed by atoms with Gasteiger partial charge in [0.2, 0.25) is 11.2 Å². The predicted molar refractivity (Wildman–Crippen MR) is 135 cm³/mol. The van der Waals surface area contributed by atoms with E-state index in [1.54, 1.807) is 0 Å². The van der Waals surface area contributed by atoms with Gasteiger partial charge >= 0.3 is 0 Å². The highest BCUT2D eigenvalue weighted by atomic mass is 28.3. The molecule has 0 amide bonds. The fraction of sp³-hybridized carbons (Fsp3) is 0.250. The van der Waals surface area contributed by atoms with Crippen LogP contribution in [0.15, 0.2) is 59.0 Å². The highest BCUT2D eigenvalue weighted by molar-refractivity contribution is 6.90. The second-order valence-corrected chi connectivity index (χ2v) is 15.0. The van der Waals surface area contributed by atoms with Crippen molar-refractivity contribution in [1.82, 2.24) is 0 Å². The molecular weight excluding hydrogens is 394 g/mol. The zero-order valence-corrected chi connectivity index (χ0v) is 20.6. The first-order valence-corrected chi connectivity index (χ1v) is 14.5. The topological polar surface area (TPSA) is 17.0 Å². The number of rotatable bonds is 2. The van der Waals surface area contributed by atoms with Crippen LogP contribution in [0.1, 0.15) is 16.7 Å². The Labute approximate surface area is 185 Å². The number of para-hydroxylation sites is 1. The summed E-state index contributed by atoms with van der Waals surface area (Å²) in [5, 5.41) is 5.28. The quantitative estimate of drug-likeness (QED) is 0.228. The number of fused-ring (bicyclic) bond motifs is 4. The fourth-order valence-electron chi connectivity index (χ4n) is 4.85. The molecule has 3 aromatic carbocycles. The summed E-state index contributed by atoms with van der Waals surface area (Å²) in [6.07, 6.45) is 0. The summed E-state index contributed by atoms with van der Waals surface area (Å²) in [6.45, 7) is 13.9. The maximum Gasteiger partial charge on any atom is 0.216 e. The highest BCUT2D eigenvalue weighted by Crippen LogP contribution is 2.38. The lowest BCUT2D eigenvalue weighted by Gasteiger charge is -2.20. The third-order valence-electron chi connectivity index (χ3n) is 6.70. The number of pyridine rings is 1. The molecule has 0 atom stereocenters. The van der Waals surface area contributed by atoms with Gasteiger partial charge in [0.05, 0.1) is 13.6 Å². The molecule has 0 radical (unpaired) electrons. The van der Waals surface area contributed by atoms with Crippen molar-refractivity contribution in [2.45, 2.75) is 40.4 Å². The van der Waals surface area contributed by atoms with E-state index in [1.807, 2.05) is 6.07 Å². The van der Waals surface area contributed by atoms with Crippen LogP contribution in [0.4, 0.5) is 0 Å². The van der Waals surface area contributed by atoms with Gasteiger partial charge in [0.15, 0.2) is 0 Å². The third kappa shape index (κ3) is 3.02. The molecule has 2 aromatic heterocycles. The molecule has 0 saturated carbocycles. The summed E-state index contributed by atoms with van der Waals surface area (Å²) in [5.74, 6) is 0. The standard InChI is InChI=1S/C28H30NOSi/c1-17-12-13-23-22(14-17)26(31(5,6)7)16-24(29(23)4)27-19(3)18(2)15-21-20-10-8-9-11-25(20)30-28(21)27/h8-16H,1-7H3/q+1. The monoisotopic (exact) mass is 424 g/mol. The largest absolute Gasteiger partial charge is 0.455 e. The van der Waals surface area contributed by atoms with E-state index in [1.165, 1.54) is 54.8 Å². The Hall–Kier alpha value is -2.91. The third-order valence-corrected chi connectivity index (χ3v) is 8.73. The zero-order valence-electron chi connectivity index (χ0n) is 19.6. The SMILES string of the molecule is Cc1ccc2c(c1)c([Si](C)(C)C)cc(-c1c(C)c(C)cc3c1oc1ccccc13)[n+]2C. The molecular formula is C28H30NOSi+. The number of hydrogen-bond donors (Lipinski definition) is 0. The van der Waals surface area contributed by atoms with Crippen molar-refractivity contribution in [1.29, 1.82) is 0 Å². The first kappa shape index (κ1) is 20.0. The molecule has 0 aliphatic carbocycles. The van der Waals surface area contributed by atoms with Crippen LogP contribution in [-0.2, 0) is 7.05 Å². The molecule has 0 spiro atoms. The summed E-state index contributed by atoms with van der Waals surface area (Å²) < 4.78 is 8.84. The Morgan fingerprint density at radius 3 is 2.29 bits per heavy atom. The van der Waals surface area contributed by atoms with E-state index in [9.17, 15) is 0 Å². The van der Waals surface area contributed by atoms with Crippen molar-refractivity contribution in [3.8, 4) is 11.3 Å². The van der Waals surface area contributed by atoms with Crippen LogP contribution in [0.2, 0.25) is 19.6 Å². The highest BCUT2D eigenvalue weighted by Gasteiger charge is 2.29. The zero-order chi connectivity index (χ0) is 22.1. The van der Waals surface area contributed by atoms with Crippen LogP contribution in [0.3, 0.4) is 0 Å². The van der Waals surface area contributed by atoms with Gasteiger partial charge in [0, 0.05) is 28.3 Å². The molecule has 0 saturated heterocycles. The Bertz CT molecular complexity index is 1500. The average Bonchev–Trinajstić information content (AvgIpc) is 3.07. The summed E-state index contributed by atoms with van der Waals surface area (Å²) >= 11 is 0. The normalized spacial score (nSPS) is 12.4. The maximum atomic E-state index is 6.48. The number of aromatic nitrogens is 1. The molecule has 0 unspecified atom stereocenters. The van der Waals surface area contributed by atoms with Gasteiger partial charge in [0.1, 0.15) is 18.2 Å². The molecule has 3 heteroatoms. The Kier molecular flexibility index (Phi) is 4.39. The number of nitrogens with zero attached hydrogens (tertiary/aromatic N) is 1. The van der Waals surface area contributed by atoms with Crippen LogP contribution in [0.5, 0.6) is 0 Å². The number of benzene rings is 3. The molecule has 2 heterocycles. The minimum atomic E-state index is -1.58. The number of furan rings is 1. The molecule has 31 heavy (non-hydrogen) atoms. The second-order valence-electron chi connectivity index (χ2n) is 9.94. The fourth-order valence-corrected chi connectivity index (χ4v) is 6.43. The van der Waals surface area contributed by atoms with Crippen molar-refractivity contribution in [2.75, 3.05) is 0 Å². The summed E-state index contributed by atoms with van der Waals surface area (Å²) in [4.78, 5) is 0. The van der Waals surface area contributed by atoms with Gasteiger partial charge in [0.25, 0.3) is 0 Å². The first-order valence-electron chi connectivity index (χ1n) is 11.0. The predicted octanol–water partition coefficient (Wildman–Crippen LogP) is 6.70. The molecule has 156 valence electrons. The first-order chi connectivity index (χ1) is 14.7. The van der Waals surface area contributed by atoms with Crippen LogP contribution < -0.4 is 9.75 Å². The van der Waals surface area contributed by atoms with E-state index in [4.69, 9.17) is 4.42 Å². The number of aryl methyl sites for hydroxylation is 3.